The molecule has 7 nitrogen and oxygen atoms in total. The minimum absolute atomic E-state index is 0.0847. The summed E-state index contributed by atoms with van der Waals surface area (Å²) in [6.07, 6.45) is 0.965. The number of para-hydroxylation sites is 2. The smallest absolute Gasteiger partial charge is 0.330 e. The summed E-state index contributed by atoms with van der Waals surface area (Å²) < 4.78 is 20.2. The first-order valence-electron chi connectivity index (χ1n) is 6.57. The minimum Gasteiger partial charge on any atom is -0.464 e. The van der Waals surface area contributed by atoms with Gasteiger partial charge in [-0.2, -0.15) is 0 Å². The van der Waals surface area contributed by atoms with E-state index in [1.807, 2.05) is 0 Å². The molecule has 0 saturated heterocycles. The molecule has 0 saturated carbocycles. The molecule has 1 aromatic carbocycles. The highest BCUT2D eigenvalue weighted by Crippen LogP contribution is 2.26. The molecule has 1 aromatic rings. The van der Waals surface area contributed by atoms with Crippen LogP contribution in [0.2, 0.25) is 0 Å². The third kappa shape index (κ3) is 6.87. The van der Waals surface area contributed by atoms with Gasteiger partial charge in [0.25, 0.3) is 0 Å². The SMILES string of the molecule is C=CC(=O)OCCOCOc1ccccc1OC(=O)CCO. The average molecular weight is 310 g/mol. The summed E-state index contributed by atoms with van der Waals surface area (Å²) in [6, 6.07) is 6.58. The van der Waals surface area contributed by atoms with Crippen LogP contribution in [0.4, 0.5) is 0 Å². The van der Waals surface area contributed by atoms with Crippen molar-refractivity contribution in [3.63, 3.8) is 0 Å². The molecule has 22 heavy (non-hydrogen) atoms. The van der Waals surface area contributed by atoms with Gasteiger partial charge in [0.15, 0.2) is 18.3 Å². The van der Waals surface area contributed by atoms with Crippen LogP contribution in [0, 0.1) is 0 Å². The fraction of sp³-hybridized carbons (Fsp3) is 0.333. The summed E-state index contributed by atoms with van der Waals surface area (Å²) in [5, 5.41) is 8.67. The van der Waals surface area contributed by atoms with E-state index in [0.29, 0.717) is 5.75 Å². The third-order valence-electron chi connectivity index (χ3n) is 2.33. The fourth-order valence-corrected chi connectivity index (χ4v) is 1.34. The first kappa shape index (κ1) is 17.7. The quantitative estimate of drug-likeness (QED) is 0.227. The molecule has 1 rings (SSSR count). The van der Waals surface area contributed by atoms with Gasteiger partial charge in [-0.05, 0) is 12.1 Å². The summed E-state index contributed by atoms with van der Waals surface area (Å²) in [6.45, 7) is 3.13. The lowest BCUT2D eigenvalue weighted by molar-refractivity contribution is -0.140. The molecule has 120 valence electrons. The molecule has 0 aromatic heterocycles. The second-order valence-electron chi connectivity index (χ2n) is 3.94. The van der Waals surface area contributed by atoms with Crippen LogP contribution in [0.1, 0.15) is 6.42 Å². The Kier molecular flexibility index (Phi) is 8.32. The van der Waals surface area contributed by atoms with Crippen molar-refractivity contribution >= 4 is 11.9 Å². The Hall–Kier alpha value is -2.38. The lowest BCUT2D eigenvalue weighted by Gasteiger charge is -2.11. The monoisotopic (exact) mass is 310 g/mol. The molecule has 0 atom stereocenters. The summed E-state index contributed by atoms with van der Waals surface area (Å²) in [5.74, 6) is -0.513. The number of benzene rings is 1. The molecule has 0 aliphatic rings. The molecular formula is C15H18O7. The van der Waals surface area contributed by atoms with Crippen LogP contribution in [-0.4, -0.2) is 43.7 Å². The van der Waals surface area contributed by atoms with E-state index in [-0.39, 0.29) is 38.8 Å². The van der Waals surface area contributed by atoms with E-state index in [9.17, 15) is 9.59 Å². The number of esters is 2. The van der Waals surface area contributed by atoms with Crippen LogP contribution in [0.25, 0.3) is 0 Å². The Bertz CT molecular complexity index is 498. The van der Waals surface area contributed by atoms with Gasteiger partial charge in [0.2, 0.25) is 0 Å². The Morgan fingerprint density at radius 2 is 1.91 bits per heavy atom. The standard InChI is InChI=1S/C15H18O7/c1-2-14(17)20-10-9-19-11-21-12-5-3-4-6-13(12)22-15(18)7-8-16/h2-6,16H,1,7-11H2. The number of ether oxygens (including phenoxy) is 4. The van der Waals surface area contributed by atoms with E-state index in [0.717, 1.165) is 6.08 Å². The number of aliphatic hydroxyl groups is 1. The molecule has 0 radical (unpaired) electrons. The van der Waals surface area contributed by atoms with Gasteiger partial charge in [-0.25, -0.2) is 4.79 Å². The van der Waals surface area contributed by atoms with Crippen LogP contribution in [-0.2, 0) is 19.1 Å². The highest BCUT2D eigenvalue weighted by molar-refractivity contribution is 5.81. The van der Waals surface area contributed by atoms with Crippen molar-refractivity contribution in [1.82, 2.24) is 0 Å². The van der Waals surface area contributed by atoms with E-state index in [1.54, 1.807) is 24.3 Å². The topological polar surface area (TPSA) is 91.3 Å². The van der Waals surface area contributed by atoms with Gasteiger partial charge >= 0.3 is 11.9 Å². The molecular weight excluding hydrogens is 292 g/mol. The number of rotatable bonds is 10. The normalized spacial score (nSPS) is 9.86. The number of carbonyl (C=O) groups is 2. The molecule has 0 amide bonds. The Morgan fingerprint density at radius 1 is 1.18 bits per heavy atom. The van der Waals surface area contributed by atoms with E-state index < -0.39 is 11.9 Å². The summed E-state index contributed by atoms with van der Waals surface area (Å²) in [4.78, 5) is 22.1. The zero-order valence-corrected chi connectivity index (χ0v) is 12.0. The van der Waals surface area contributed by atoms with Crippen molar-refractivity contribution in [3.05, 3.63) is 36.9 Å². The van der Waals surface area contributed by atoms with Gasteiger partial charge in [-0.3, -0.25) is 4.79 Å². The Morgan fingerprint density at radius 3 is 2.59 bits per heavy atom. The molecule has 7 heteroatoms. The van der Waals surface area contributed by atoms with Crippen molar-refractivity contribution < 1.29 is 33.6 Å². The highest BCUT2D eigenvalue weighted by atomic mass is 16.7. The molecule has 0 aliphatic heterocycles. The summed E-state index contributed by atoms with van der Waals surface area (Å²) in [5.41, 5.74) is 0. The molecule has 0 unspecified atom stereocenters. The van der Waals surface area contributed by atoms with E-state index >= 15 is 0 Å². The second-order valence-corrected chi connectivity index (χ2v) is 3.94. The first-order chi connectivity index (χ1) is 10.7. The molecule has 1 N–H and O–H groups in total. The number of hydrogen-bond acceptors (Lipinski definition) is 7. The van der Waals surface area contributed by atoms with Crippen molar-refractivity contribution in [2.24, 2.45) is 0 Å². The maximum Gasteiger partial charge on any atom is 0.330 e. The van der Waals surface area contributed by atoms with Gasteiger partial charge in [0, 0.05) is 6.08 Å². The van der Waals surface area contributed by atoms with Crippen LogP contribution in [0.3, 0.4) is 0 Å². The van der Waals surface area contributed by atoms with Crippen LogP contribution in [0.5, 0.6) is 11.5 Å². The largest absolute Gasteiger partial charge is 0.464 e. The van der Waals surface area contributed by atoms with Crippen LogP contribution < -0.4 is 9.47 Å². The average Bonchev–Trinajstić information content (AvgIpc) is 2.52. The Labute approximate surface area is 128 Å². The minimum atomic E-state index is -0.559. The maximum atomic E-state index is 11.3. The second kappa shape index (κ2) is 10.4. The maximum absolute atomic E-state index is 11.3. The number of carbonyl (C=O) groups excluding carboxylic acids is 2. The van der Waals surface area contributed by atoms with Gasteiger partial charge in [0.1, 0.15) is 6.61 Å². The van der Waals surface area contributed by atoms with Gasteiger partial charge in [-0.15, -0.1) is 0 Å². The van der Waals surface area contributed by atoms with Gasteiger partial charge in [-0.1, -0.05) is 18.7 Å². The number of hydrogen-bond donors (Lipinski definition) is 1. The predicted octanol–water partition coefficient (Wildman–Crippen LogP) is 1.06. The van der Waals surface area contributed by atoms with Crippen molar-refractivity contribution in [3.8, 4) is 11.5 Å². The van der Waals surface area contributed by atoms with Gasteiger partial charge in [0.05, 0.1) is 19.6 Å². The molecule has 0 spiro atoms. The third-order valence-corrected chi connectivity index (χ3v) is 2.33. The summed E-state index contributed by atoms with van der Waals surface area (Å²) >= 11 is 0. The van der Waals surface area contributed by atoms with Crippen LogP contribution >= 0.6 is 0 Å². The zero-order valence-electron chi connectivity index (χ0n) is 12.0. The van der Waals surface area contributed by atoms with Crippen molar-refractivity contribution in [2.45, 2.75) is 6.42 Å². The summed E-state index contributed by atoms with van der Waals surface area (Å²) in [7, 11) is 0. The first-order valence-corrected chi connectivity index (χ1v) is 6.57. The van der Waals surface area contributed by atoms with Crippen LogP contribution in [0.15, 0.2) is 36.9 Å². The van der Waals surface area contributed by atoms with Crippen molar-refractivity contribution in [1.29, 1.82) is 0 Å². The van der Waals surface area contributed by atoms with E-state index in [1.165, 1.54) is 0 Å². The van der Waals surface area contributed by atoms with E-state index in [4.69, 9.17) is 24.1 Å². The molecule has 0 bridgehead atoms. The molecule has 0 heterocycles. The lowest BCUT2D eigenvalue weighted by atomic mass is 10.3. The Balaban J connectivity index is 2.34. The fourth-order valence-electron chi connectivity index (χ4n) is 1.34. The van der Waals surface area contributed by atoms with E-state index in [2.05, 4.69) is 6.58 Å². The molecule has 0 aliphatic carbocycles. The number of aliphatic hydroxyl groups excluding tert-OH is 1. The van der Waals surface area contributed by atoms with Crippen molar-refractivity contribution in [2.75, 3.05) is 26.6 Å². The van der Waals surface area contributed by atoms with Gasteiger partial charge < -0.3 is 24.1 Å². The predicted molar refractivity (Wildman–Crippen MR) is 76.4 cm³/mol. The molecule has 0 fully saturated rings. The lowest BCUT2D eigenvalue weighted by Crippen LogP contribution is -2.13. The highest BCUT2D eigenvalue weighted by Gasteiger charge is 2.09. The zero-order chi connectivity index (χ0) is 16.2.